The molecule has 0 amide bonds. The van der Waals surface area contributed by atoms with Crippen molar-refractivity contribution >= 4 is 5.97 Å². The number of hydrogen-bond donors (Lipinski definition) is 1. The number of hydrogen-bond acceptors (Lipinski definition) is 2. The fourth-order valence-corrected chi connectivity index (χ4v) is 1.66. The van der Waals surface area contributed by atoms with E-state index in [0.29, 0.717) is 13.0 Å². The van der Waals surface area contributed by atoms with E-state index in [1.54, 1.807) is 0 Å². The highest BCUT2D eigenvalue weighted by molar-refractivity contribution is 5.72. The first-order chi connectivity index (χ1) is 6.30. The normalized spacial score (nSPS) is 26.6. The van der Waals surface area contributed by atoms with Crippen molar-refractivity contribution in [1.29, 1.82) is 0 Å². The fraction of sp³-hybridized carbons (Fsp3) is 0.900. The van der Waals surface area contributed by atoms with E-state index in [1.807, 2.05) is 0 Å². The predicted molar refractivity (Wildman–Crippen MR) is 49.7 cm³/mol. The van der Waals surface area contributed by atoms with Crippen LogP contribution in [0.3, 0.4) is 0 Å². The van der Waals surface area contributed by atoms with Crippen LogP contribution in [0, 0.1) is 0 Å². The molecule has 2 rings (SSSR count). The Morgan fingerprint density at radius 1 is 1.08 bits per heavy atom. The molecule has 1 aliphatic heterocycles. The van der Waals surface area contributed by atoms with Gasteiger partial charge in [-0.05, 0) is 12.8 Å². The lowest BCUT2D eigenvalue weighted by Crippen LogP contribution is -2.17. The molecule has 0 aromatic carbocycles. The summed E-state index contributed by atoms with van der Waals surface area (Å²) in [6.45, 7) is 0.608. The van der Waals surface area contributed by atoms with E-state index in [-0.39, 0.29) is 0 Å². The van der Waals surface area contributed by atoms with Crippen molar-refractivity contribution < 1.29 is 14.6 Å². The Labute approximate surface area is 79.1 Å². The second kappa shape index (κ2) is 5.97. The topological polar surface area (TPSA) is 46.5 Å². The molecule has 1 saturated heterocycles. The van der Waals surface area contributed by atoms with Crippen LogP contribution >= 0.6 is 0 Å². The van der Waals surface area contributed by atoms with Crippen molar-refractivity contribution in [2.24, 2.45) is 0 Å². The Balaban J connectivity index is 0.000000145. The maximum atomic E-state index is 10.1. The van der Waals surface area contributed by atoms with E-state index >= 15 is 0 Å². The summed E-state index contributed by atoms with van der Waals surface area (Å²) in [7, 11) is 0. The third kappa shape index (κ3) is 4.27. The average molecular weight is 186 g/mol. The first-order valence-electron chi connectivity index (χ1n) is 5.15. The largest absolute Gasteiger partial charge is 0.479 e. The van der Waals surface area contributed by atoms with Gasteiger partial charge in [0, 0.05) is 6.61 Å². The molecule has 0 bridgehead atoms. The maximum Gasteiger partial charge on any atom is 0.332 e. The molecule has 1 N–H and O–H groups in total. The molecular formula is C10H18O3. The highest BCUT2D eigenvalue weighted by atomic mass is 16.5. The zero-order valence-electron chi connectivity index (χ0n) is 8.00. The second-order valence-corrected chi connectivity index (χ2v) is 3.61. The van der Waals surface area contributed by atoms with Crippen LogP contribution in [-0.2, 0) is 9.53 Å². The van der Waals surface area contributed by atoms with Crippen LogP contribution in [0.4, 0.5) is 0 Å². The number of aliphatic carboxylic acids is 1. The summed E-state index contributed by atoms with van der Waals surface area (Å²) in [4.78, 5) is 10.1. The average Bonchev–Trinajstić information content (AvgIpc) is 2.82. The molecule has 1 atom stereocenters. The Kier molecular flexibility index (Phi) is 4.83. The lowest BCUT2D eigenvalue weighted by Gasteiger charge is -1.98. The standard InChI is InChI=1S/C5H8O3.C5H10/c6-5(7)4-2-1-3-8-4;1-2-4-5-3-1/h4H,1-3H2,(H,6,7);1-5H2. The second-order valence-electron chi connectivity index (χ2n) is 3.61. The van der Waals surface area contributed by atoms with Gasteiger partial charge < -0.3 is 9.84 Å². The molecule has 3 nitrogen and oxygen atoms in total. The van der Waals surface area contributed by atoms with Crippen molar-refractivity contribution in [1.82, 2.24) is 0 Å². The number of rotatable bonds is 1. The summed E-state index contributed by atoms with van der Waals surface area (Å²) in [5.41, 5.74) is 0. The van der Waals surface area contributed by atoms with E-state index < -0.39 is 12.1 Å². The summed E-state index contributed by atoms with van der Waals surface area (Å²) in [6, 6.07) is 0. The van der Waals surface area contributed by atoms with Gasteiger partial charge in [0.05, 0.1) is 0 Å². The third-order valence-corrected chi connectivity index (χ3v) is 2.46. The Bertz CT molecular complexity index is 139. The van der Waals surface area contributed by atoms with Crippen molar-refractivity contribution in [3.63, 3.8) is 0 Å². The molecule has 1 heterocycles. The van der Waals surface area contributed by atoms with Gasteiger partial charge in [-0.3, -0.25) is 0 Å². The molecule has 0 radical (unpaired) electrons. The summed E-state index contributed by atoms with van der Waals surface area (Å²) in [5, 5.41) is 8.29. The van der Waals surface area contributed by atoms with Crippen LogP contribution < -0.4 is 0 Å². The van der Waals surface area contributed by atoms with Gasteiger partial charge in [0.1, 0.15) is 0 Å². The van der Waals surface area contributed by atoms with Gasteiger partial charge in [-0.2, -0.15) is 0 Å². The Morgan fingerprint density at radius 3 is 1.85 bits per heavy atom. The van der Waals surface area contributed by atoms with Crippen molar-refractivity contribution in [2.45, 2.75) is 51.0 Å². The minimum atomic E-state index is -0.831. The van der Waals surface area contributed by atoms with Crippen LogP contribution in [0.5, 0.6) is 0 Å². The van der Waals surface area contributed by atoms with E-state index in [1.165, 1.54) is 32.1 Å². The van der Waals surface area contributed by atoms with Crippen LogP contribution in [0.2, 0.25) is 0 Å². The highest BCUT2D eigenvalue weighted by Gasteiger charge is 2.21. The van der Waals surface area contributed by atoms with Gasteiger partial charge in [0.2, 0.25) is 0 Å². The van der Waals surface area contributed by atoms with Crippen LogP contribution in [0.15, 0.2) is 0 Å². The van der Waals surface area contributed by atoms with E-state index in [4.69, 9.17) is 9.84 Å². The Hall–Kier alpha value is -0.570. The molecule has 2 fully saturated rings. The monoisotopic (exact) mass is 186 g/mol. The molecule has 1 aliphatic carbocycles. The van der Waals surface area contributed by atoms with E-state index in [9.17, 15) is 4.79 Å². The van der Waals surface area contributed by atoms with Crippen molar-refractivity contribution in [2.75, 3.05) is 6.61 Å². The number of carbonyl (C=O) groups is 1. The van der Waals surface area contributed by atoms with Crippen molar-refractivity contribution in [3.05, 3.63) is 0 Å². The first kappa shape index (κ1) is 10.5. The van der Waals surface area contributed by atoms with Gasteiger partial charge >= 0.3 is 5.97 Å². The first-order valence-corrected chi connectivity index (χ1v) is 5.15. The lowest BCUT2D eigenvalue weighted by molar-refractivity contribution is -0.147. The van der Waals surface area contributed by atoms with E-state index in [0.717, 1.165) is 6.42 Å². The van der Waals surface area contributed by atoms with Gasteiger partial charge in [-0.1, -0.05) is 32.1 Å². The minimum Gasteiger partial charge on any atom is -0.479 e. The molecule has 3 heteroatoms. The van der Waals surface area contributed by atoms with Crippen LogP contribution in [0.25, 0.3) is 0 Å². The molecule has 0 spiro atoms. The van der Waals surface area contributed by atoms with E-state index in [2.05, 4.69) is 0 Å². The highest BCUT2D eigenvalue weighted by Crippen LogP contribution is 2.15. The SMILES string of the molecule is C1CCCC1.O=C(O)C1CCCO1. The zero-order valence-corrected chi connectivity index (χ0v) is 8.00. The third-order valence-electron chi connectivity index (χ3n) is 2.46. The summed E-state index contributed by atoms with van der Waals surface area (Å²) in [6.07, 6.45) is 8.54. The predicted octanol–water partition coefficient (Wildman–Crippen LogP) is 2.20. The smallest absolute Gasteiger partial charge is 0.332 e. The van der Waals surface area contributed by atoms with Gasteiger partial charge in [0.15, 0.2) is 6.10 Å². The summed E-state index contributed by atoms with van der Waals surface area (Å²) in [5.74, 6) is -0.831. The van der Waals surface area contributed by atoms with Gasteiger partial charge in [-0.15, -0.1) is 0 Å². The molecule has 1 unspecified atom stereocenters. The van der Waals surface area contributed by atoms with Crippen molar-refractivity contribution in [3.8, 4) is 0 Å². The lowest BCUT2D eigenvalue weighted by atomic mass is 10.2. The number of ether oxygens (including phenoxy) is 1. The molecule has 2 aliphatic rings. The maximum absolute atomic E-state index is 10.1. The molecule has 76 valence electrons. The summed E-state index contributed by atoms with van der Waals surface area (Å²) < 4.78 is 4.81. The molecule has 1 saturated carbocycles. The summed E-state index contributed by atoms with van der Waals surface area (Å²) >= 11 is 0. The van der Waals surface area contributed by atoms with Gasteiger partial charge in [0.25, 0.3) is 0 Å². The number of carboxylic acid groups (broad SMARTS) is 1. The number of carboxylic acids is 1. The van der Waals surface area contributed by atoms with Crippen LogP contribution in [0.1, 0.15) is 44.9 Å². The fourth-order valence-electron chi connectivity index (χ4n) is 1.66. The molecule has 13 heavy (non-hydrogen) atoms. The quantitative estimate of drug-likeness (QED) is 0.682. The van der Waals surface area contributed by atoms with Gasteiger partial charge in [-0.25, -0.2) is 4.79 Å². The molecule has 0 aromatic heterocycles. The zero-order chi connectivity index (χ0) is 9.52. The minimum absolute atomic E-state index is 0.519. The Morgan fingerprint density at radius 2 is 1.62 bits per heavy atom. The molecule has 0 aromatic rings. The van der Waals surface area contributed by atoms with Crippen LogP contribution in [-0.4, -0.2) is 23.8 Å². The molecular weight excluding hydrogens is 168 g/mol.